The number of anilines is 2. The van der Waals surface area contributed by atoms with Gasteiger partial charge in [0.1, 0.15) is 5.76 Å². The Balaban J connectivity index is 1.64. The Morgan fingerprint density at radius 2 is 2.04 bits per heavy atom. The van der Waals surface area contributed by atoms with E-state index in [0.717, 1.165) is 0 Å². The molecule has 2 amide bonds. The first-order valence-corrected chi connectivity index (χ1v) is 7.71. The van der Waals surface area contributed by atoms with Crippen LogP contribution >= 0.6 is 0 Å². The van der Waals surface area contributed by atoms with E-state index in [4.69, 9.17) is 4.52 Å². The normalized spacial score (nSPS) is 16.8. The van der Waals surface area contributed by atoms with E-state index in [0.29, 0.717) is 22.8 Å². The summed E-state index contributed by atoms with van der Waals surface area (Å²) < 4.78 is 9.60. The van der Waals surface area contributed by atoms with Crippen LogP contribution in [0.25, 0.3) is 0 Å². The van der Waals surface area contributed by atoms with Crippen LogP contribution in [0.3, 0.4) is 0 Å². The predicted molar refractivity (Wildman–Crippen MR) is 88.1 cm³/mol. The van der Waals surface area contributed by atoms with Gasteiger partial charge in [-0.3, -0.25) is 14.5 Å². The van der Waals surface area contributed by atoms with Gasteiger partial charge in [0, 0.05) is 24.7 Å². The summed E-state index contributed by atoms with van der Waals surface area (Å²) in [6.07, 6.45) is 0.109. The van der Waals surface area contributed by atoms with Gasteiger partial charge in [0.05, 0.1) is 18.6 Å². The van der Waals surface area contributed by atoms with Crippen molar-refractivity contribution in [2.24, 2.45) is 5.92 Å². The first kappa shape index (κ1) is 16.7. The molecule has 3 rings (SSSR count). The minimum absolute atomic E-state index is 0.109. The molecule has 2 heterocycles. The lowest BCUT2D eigenvalue weighted by molar-refractivity contribution is -0.122. The number of rotatable bonds is 4. The highest BCUT2D eigenvalue weighted by Crippen LogP contribution is 2.25. The lowest BCUT2D eigenvalue weighted by Gasteiger charge is -2.13. The number of aromatic nitrogens is 1. The summed E-state index contributed by atoms with van der Waals surface area (Å²) in [5.74, 6) is -0.347. The number of benzene rings is 1. The summed E-state index contributed by atoms with van der Waals surface area (Å²) in [4.78, 5) is 37.4. The van der Waals surface area contributed by atoms with E-state index >= 15 is 0 Å². The molecule has 1 aliphatic heterocycles. The Bertz CT molecular complexity index is 812. The molecule has 0 aliphatic carbocycles. The van der Waals surface area contributed by atoms with Crippen molar-refractivity contribution in [2.45, 2.75) is 13.3 Å². The van der Waals surface area contributed by atoms with Crippen LogP contribution in [0.2, 0.25) is 0 Å². The fraction of sp³-hybridized carbons (Fsp3) is 0.294. The van der Waals surface area contributed by atoms with E-state index < -0.39 is 11.9 Å². The van der Waals surface area contributed by atoms with Crippen molar-refractivity contribution < 1.29 is 23.6 Å². The Morgan fingerprint density at radius 3 is 2.64 bits per heavy atom. The van der Waals surface area contributed by atoms with Crippen LogP contribution in [0.4, 0.5) is 11.5 Å². The molecular weight excluding hydrogens is 326 g/mol. The second-order valence-corrected chi connectivity index (χ2v) is 5.76. The number of esters is 1. The maximum Gasteiger partial charge on any atom is 0.337 e. The average molecular weight is 343 g/mol. The molecule has 0 radical (unpaired) electrons. The molecular formula is C17H17N3O5. The van der Waals surface area contributed by atoms with E-state index in [1.807, 2.05) is 0 Å². The van der Waals surface area contributed by atoms with Crippen molar-refractivity contribution in [1.82, 2.24) is 5.16 Å². The van der Waals surface area contributed by atoms with Crippen LogP contribution in [0.15, 0.2) is 34.9 Å². The van der Waals surface area contributed by atoms with E-state index in [2.05, 4.69) is 15.2 Å². The number of hydrogen-bond acceptors (Lipinski definition) is 6. The maximum atomic E-state index is 12.4. The molecule has 25 heavy (non-hydrogen) atoms. The third-order valence-corrected chi connectivity index (χ3v) is 3.96. The quantitative estimate of drug-likeness (QED) is 0.849. The van der Waals surface area contributed by atoms with Gasteiger partial charge in [-0.25, -0.2) is 4.79 Å². The summed E-state index contributed by atoms with van der Waals surface area (Å²) in [7, 11) is 1.30. The summed E-state index contributed by atoms with van der Waals surface area (Å²) in [5.41, 5.74) is 0.935. The van der Waals surface area contributed by atoms with Crippen LogP contribution in [-0.2, 0) is 14.3 Å². The largest absolute Gasteiger partial charge is 0.465 e. The molecule has 0 spiro atoms. The van der Waals surface area contributed by atoms with Crippen LogP contribution < -0.4 is 10.2 Å². The third-order valence-electron chi connectivity index (χ3n) is 3.96. The van der Waals surface area contributed by atoms with Gasteiger partial charge >= 0.3 is 5.97 Å². The molecule has 130 valence electrons. The van der Waals surface area contributed by atoms with E-state index in [1.54, 1.807) is 37.3 Å². The van der Waals surface area contributed by atoms with Crippen LogP contribution in [0.1, 0.15) is 22.5 Å². The molecule has 8 nitrogen and oxygen atoms in total. The van der Waals surface area contributed by atoms with Crippen LogP contribution in [0, 0.1) is 12.8 Å². The minimum atomic E-state index is -0.482. The van der Waals surface area contributed by atoms with Gasteiger partial charge in [0.15, 0.2) is 5.82 Å². The second-order valence-electron chi connectivity index (χ2n) is 5.76. The lowest BCUT2D eigenvalue weighted by Crippen LogP contribution is -2.28. The minimum Gasteiger partial charge on any atom is -0.465 e. The molecule has 0 saturated carbocycles. The van der Waals surface area contributed by atoms with Gasteiger partial charge in [-0.05, 0) is 31.2 Å². The number of ether oxygens (including phenoxy) is 1. The van der Waals surface area contributed by atoms with Crippen molar-refractivity contribution in [3.05, 3.63) is 41.7 Å². The standard InChI is InChI=1S/C17H17N3O5/c1-10-7-14(19-25-10)20-9-12(8-15(20)21)16(22)18-13-5-3-11(4-6-13)17(23)24-2/h3-7,12H,8-9H2,1-2H3,(H,18,22). The molecule has 1 saturated heterocycles. The summed E-state index contributed by atoms with van der Waals surface area (Å²) >= 11 is 0. The number of amides is 2. The number of carbonyl (C=O) groups excluding carboxylic acids is 3. The Hall–Kier alpha value is -3.16. The van der Waals surface area contributed by atoms with Gasteiger partial charge in [0.2, 0.25) is 11.8 Å². The highest BCUT2D eigenvalue weighted by molar-refractivity contribution is 6.03. The van der Waals surface area contributed by atoms with E-state index in [9.17, 15) is 14.4 Å². The Kier molecular flexibility index (Phi) is 4.51. The molecule has 1 aromatic carbocycles. The summed E-state index contributed by atoms with van der Waals surface area (Å²) in [6, 6.07) is 8.00. The van der Waals surface area contributed by atoms with Crippen molar-refractivity contribution >= 4 is 29.3 Å². The third kappa shape index (κ3) is 3.52. The molecule has 2 aromatic rings. The van der Waals surface area contributed by atoms with Gasteiger partial charge in [-0.2, -0.15) is 0 Å². The van der Waals surface area contributed by atoms with Gasteiger partial charge in [-0.15, -0.1) is 0 Å². The van der Waals surface area contributed by atoms with Gasteiger partial charge in [-0.1, -0.05) is 5.16 Å². The van der Waals surface area contributed by atoms with Gasteiger partial charge in [0.25, 0.3) is 0 Å². The first-order valence-electron chi connectivity index (χ1n) is 7.71. The second kappa shape index (κ2) is 6.76. The fourth-order valence-electron chi connectivity index (χ4n) is 2.64. The van der Waals surface area contributed by atoms with Crippen molar-refractivity contribution in [3.63, 3.8) is 0 Å². The van der Waals surface area contributed by atoms with E-state index in [1.165, 1.54) is 12.0 Å². The molecule has 1 atom stereocenters. The number of aryl methyl sites for hydroxylation is 1. The predicted octanol–water partition coefficient (Wildman–Crippen LogP) is 1.76. The summed E-state index contributed by atoms with van der Waals surface area (Å²) in [6.45, 7) is 1.98. The smallest absolute Gasteiger partial charge is 0.337 e. The van der Waals surface area contributed by atoms with Crippen LogP contribution in [0.5, 0.6) is 0 Å². The average Bonchev–Trinajstić information content (AvgIpc) is 3.20. The lowest BCUT2D eigenvalue weighted by atomic mass is 10.1. The number of methoxy groups -OCH3 is 1. The van der Waals surface area contributed by atoms with Crippen LogP contribution in [-0.4, -0.2) is 36.6 Å². The zero-order valence-electron chi connectivity index (χ0n) is 13.8. The number of hydrogen-bond donors (Lipinski definition) is 1. The van der Waals surface area contributed by atoms with E-state index in [-0.39, 0.29) is 24.8 Å². The highest BCUT2D eigenvalue weighted by Gasteiger charge is 2.36. The molecule has 1 aliphatic rings. The Morgan fingerprint density at radius 1 is 1.32 bits per heavy atom. The molecule has 1 aromatic heterocycles. The monoisotopic (exact) mass is 343 g/mol. The molecule has 1 N–H and O–H groups in total. The zero-order valence-corrected chi connectivity index (χ0v) is 13.8. The summed E-state index contributed by atoms with van der Waals surface area (Å²) in [5, 5.41) is 6.57. The van der Waals surface area contributed by atoms with Gasteiger partial charge < -0.3 is 14.6 Å². The number of carbonyl (C=O) groups is 3. The van der Waals surface area contributed by atoms with Crippen molar-refractivity contribution in [3.8, 4) is 0 Å². The first-order chi connectivity index (χ1) is 12.0. The zero-order chi connectivity index (χ0) is 18.0. The highest BCUT2D eigenvalue weighted by atomic mass is 16.5. The van der Waals surface area contributed by atoms with Crippen molar-refractivity contribution in [1.29, 1.82) is 0 Å². The molecule has 0 bridgehead atoms. The topological polar surface area (TPSA) is 102 Å². The molecule has 1 unspecified atom stereocenters. The molecule has 1 fully saturated rings. The number of nitrogens with zero attached hydrogens (tertiary/aromatic N) is 2. The Labute approximate surface area is 143 Å². The maximum absolute atomic E-state index is 12.4. The number of nitrogens with one attached hydrogen (secondary N) is 1. The SMILES string of the molecule is COC(=O)c1ccc(NC(=O)C2CC(=O)N(c3cc(C)on3)C2)cc1. The fourth-order valence-corrected chi connectivity index (χ4v) is 2.64. The molecule has 8 heteroatoms. The van der Waals surface area contributed by atoms with Crippen molar-refractivity contribution in [2.75, 3.05) is 23.9 Å².